The summed E-state index contributed by atoms with van der Waals surface area (Å²) in [4.78, 5) is 37.7. The van der Waals surface area contributed by atoms with Gasteiger partial charge in [-0.1, -0.05) is 11.2 Å². The van der Waals surface area contributed by atoms with Gasteiger partial charge in [-0.25, -0.2) is 9.78 Å². The molecule has 11 nitrogen and oxygen atoms in total. The van der Waals surface area contributed by atoms with E-state index in [0.29, 0.717) is 17.5 Å². The van der Waals surface area contributed by atoms with E-state index in [9.17, 15) is 9.59 Å². The summed E-state index contributed by atoms with van der Waals surface area (Å²) in [7, 11) is 0. The number of carbonyl (C=O) groups is 2. The maximum absolute atomic E-state index is 12.2. The fraction of sp³-hybridized carbons (Fsp3) is 0.300. The van der Waals surface area contributed by atoms with Gasteiger partial charge in [-0.3, -0.25) is 4.79 Å². The zero-order valence-corrected chi connectivity index (χ0v) is 18.1. The van der Waals surface area contributed by atoms with Crippen molar-refractivity contribution in [1.82, 2.24) is 20.1 Å². The van der Waals surface area contributed by atoms with Crippen LogP contribution in [0.25, 0.3) is 21.8 Å². The van der Waals surface area contributed by atoms with Gasteiger partial charge >= 0.3 is 11.9 Å². The van der Waals surface area contributed by atoms with Gasteiger partial charge in [-0.05, 0) is 25.3 Å². The quantitative estimate of drug-likeness (QED) is 0.388. The minimum absolute atomic E-state index is 0.0351. The number of anilines is 1. The molecule has 4 aromatic rings. The molecule has 32 heavy (non-hydrogen) atoms. The summed E-state index contributed by atoms with van der Waals surface area (Å²) in [6.45, 7) is 3.30. The lowest BCUT2D eigenvalue weighted by Gasteiger charge is -2.05. The van der Waals surface area contributed by atoms with Gasteiger partial charge in [0.2, 0.25) is 17.4 Å². The minimum atomic E-state index is -0.568. The van der Waals surface area contributed by atoms with Crippen LogP contribution in [0.1, 0.15) is 41.2 Å². The number of rotatable bonds is 8. The first-order chi connectivity index (χ1) is 15.5. The summed E-state index contributed by atoms with van der Waals surface area (Å²) in [6, 6.07) is 3.77. The summed E-state index contributed by atoms with van der Waals surface area (Å²) in [5.41, 5.74) is 6.31. The topological polar surface area (TPSA) is 156 Å². The van der Waals surface area contributed by atoms with Gasteiger partial charge in [0.25, 0.3) is 0 Å². The molecule has 0 atom stereocenters. The summed E-state index contributed by atoms with van der Waals surface area (Å²) in [5.74, 6) is 0.252. The first-order valence-electron chi connectivity index (χ1n) is 9.71. The third-order valence-corrected chi connectivity index (χ3v) is 5.26. The normalized spacial score (nSPS) is 11.1. The van der Waals surface area contributed by atoms with E-state index >= 15 is 0 Å². The molecule has 0 fully saturated rings. The van der Waals surface area contributed by atoms with E-state index in [1.54, 1.807) is 13.8 Å². The number of hydrogen-bond acceptors (Lipinski definition) is 12. The number of esters is 2. The molecule has 0 aromatic carbocycles. The number of thiophene rings is 1. The van der Waals surface area contributed by atoms with Crippen molar-refractivity contribution in [2.45, 2.75) is 33.3 Å². The van der Waals surface area contributed by atoms with Crippen LogP contribution < -0.4 is 5.73 Å². The van der Waals surface area contributed by atoms with E-state index in [4.69, 9.17) is 24.1 Å². The second kappa shape index (κ2) is 9.14. The molecule has 0 bridgehead atoms. The third kappa shape index (κ3) is 4.44. The average Bonchev–Trinajstić information content (AvgIpc) is 3.50. The number of fused-ring (bicyclic) bond motifs is 1. The number of nitrogen functional groups attached to an aromatic ring is 1. The van der Waals surface area contributed by atoms with E-state index in [1.807, 2.05) is 17.5 Å². The number of ether oxygens (including phenoxy) is 2. The molecule has 2 N–H and O–H groups in total. The van der Waals surface area contributed by atoms with Gasteiger partial charge in [0.05, 0.1) is 23.3 Å². The molecule has 0 aliphatic rings. The highest BCUT2D eigenvalue weighted by molar-refractivity contribution is 7.13. The van der Waals surface area contributed by atoms with Crippen molar-refractivity contribution in [1.29, 1.82) is 0 Å². The lowest BCUT2D eigenvalue weighted by atomic mass is 10.2. The Kier molecular flexibility index (Phi) is 6.12. The van der Waals surface area contributed by atoms with Crippen molar-refractivity contribution in [3.8, 4) is 10.7 Å². The summed E-state index contributed by atoms with van der Waals surface area (Å²) in [5, 5.41) is 6.08. The van der Waals surface area contributed by atoms with Crippen LogP contribution in [0.5, 0.6) is 0 Å². The van der Waals surface area contributed by atoms with E-state index in [0.717, 1.165) is 4.88 Å². The van der Waals surface area contributed by atoms with Crippen LogP contribution >= 0.6 is 11.3 Å². The number of furan rings is 1. The van der Waals surface area contributed by atoms with E-state index < -0.39 is 11.9 Å². The Balaban J connectivity index is 1.37. The predicted octanol–water partition coefficient (Wildman–Crippen LogP) is 3.08. The van der Waals surface area contributed by atoms with Crippen LogP contribution in [0.4, 0.5) is 5.82 Å². The Morgan fingerprint density at radius 2 is 2.06 bits per heavy atom. The molecule has 0 saturated carbocycles. The number of aryl methyl sites for hydroxylation is 2. The van der Waals surface area contributed by atoms with Crippen LogP contribution in [-0.2, 0) is 27.3 Å². The fourth-order valence-electron chi connectivity index (χ4n) is 2.99. The van der Waals surface area contributed by atoms with Crippen molar-refractivity contribution < 1.29 is 28.0 Å². The largest absolute Gasteiger partial charge is 0.462 e. The Hall–Kier alpha value is -3.80. The zero-order valence-electron chi connectivity index (χ0n) is 17.3. The zero-order chi connectivity index (χ0) is 22.7. The van der Waals surface area contributed by atoms with Crippen LogP contribution in [0.2, 0.25) is 0 Å². The molecule has 166 valence electrons. The summed E-state index contributed by atoms with van der Waals surface area (Å²) in [6.07, 6.45) is 0.274. The molecule has 0 aliphatic heterocycles. The standard InChI is InChI=1S/C20H19N5O6S/c1-3-28-20(27)15-10(2)30-19-16(15)17(21)22-12(23-19)9-29-14(26)7-6-13-24-18(25-31-13)11-5-4-8-32-11/h4-5,8H,3,6-7,9H2,1-2H3,(H2,21,22,23). The smallest absolute Gasteiger partial charge is 0.342 e. The monoisotopic (exact) mass is 457 g/mol. The van der Waals surface area contributed by atoms with Gasteiger partial charge in [0.15, 0.2) is 12.4 Å². The number of carbonyl (C=O) groups excluding carboxylic acids is 2. The van der Waals surface area contributed by atoms with Gasteiger partial charge in [-0.15, -0.1) is 11.3 Å². The highest BCUT2D eigenvalue weighted by Gasteiger charge is 2.24. The molecule has 0 radical (unpaired) electrons. The van der Waals surface area contributed by atoms with Crippen molar-refractivity contribution in [3.05, 3.63) is 40.6 Å². The minimum Gasteiger partial charge on any atom is -0.462 e. The molecule has 12 heteroatoms. The Labute approximate surface area is 185 Å². The molecule has 0 spiro atoms. The number of nitrogens with two attached hydrogens (primary N) is 1. The lowest BCUT2D eigenvalue weighted by Crippen LogP contribution is -2.10. The van der Waals surface area contributed by atoms with Crippen molar-refractivity contribution in [2.24, 2.45) is 0 Å². The van der Waals surface area contributed by atoms with Crippen LogP contribution in [0, 0.1) is 6.92 Å². The fourth-order valence-corrected chi connectivity index (χ4v) is 3.63. The van der Waals surface area contributed by atoms with E-state index in [-0.39, 0.29) is 54.4 Å². The van der Waals surface area contributed by atoms with Gasteiger partial charge in [0, 0.05) is 6.42 Å². The second-order valence-corrected chi connectivity index (χ2v) is 7.56. The Morgan fingerprint density at radius 1 is 1.22 bits per heavy atom. The lowest BCUT2D eigenvalue weighted by molar-refractivity contribution is -0.145. The first kappa shape index (κ1) is 21.4. The SMILES string of the molecule is CCOC(=O)c1c(C)oc2nc(COC(=O)CCc3nc(-c4cccs4)no3)nc(N)c12. The van der Waals surface area contributed by atoms with Crippen molar-refractivity contribution in [2.75, 3.05) is 12.3 Å². The van der Waals surface area contributed by atoms with Crippen molar-refractivity contribution >= 4 is 40.2 Å². The van der Waals surface area contributed by atoms with E-state index in [2.05, 4.69) is 20.1 Å². The maximum atomic E-state index is 12.2. The summed E-state index contributed by atoms with van der Waals surface area (Å²) < 4.78 is 20.9. The molecular weight excluding hydrogens is 438 g/mol. The van der Waals surface area contributed by atoms with Gasteiger partial charge < -0.3 is 24.1 Å². The Bertz CT molecular complexity index is 1260. The Morgan fingerprint density at radius 3 is 2.81 bits per heavy atom. The molecule has 0 unspecified atom stereocenters. The molecular formula is C20H19N5O6S. The predicted molar refractivity (Wildman–Crippen MR) is 113 cm³/mol. The van der Waals surface area contributed by atoms with Crippen molar-refractivity contribution in [3.63, 3.8) is 0 Å². The number of aromatic nitrogens is 4. The molecule has 4 heterocycles. The average molecular weight is 457 g/mol. The van der Waals surface area contributed by atoms with Crippen LogP contribution in [0.15, 0.2) is 26.5 Å². The number of hydrogen-bond donors (Lipinski definition) is 1. The van der Waals surface area contributed by atoms with Crippen LogP contribution in [0.3, 0.4) is 0 Å². The first-order valence-corrected chi connectivity index (χ1v) is 10.6. The molecule has 4 rings (SSSR count). The molecule has 0 amide bonds. The second-order valence-electron chi connectivity index (χ2n) is 6.61. The van der Waals surface area contributed by atoms with E-state index in [1.165, 1.54) is 11.3 Å². The summed E-state index contributed by atoms with van der Waals surface area (Å²) >= 11 is 1.49. The molecule has 0 saturated heterocycles. The van der Waals surface area contributed by atoms with Gasteiger partial charge in [-0.2, -0.15) is 9.97 Å². The van der Waals surface area contributed by atoms with Gasteiger partial charge in [0.1, 0.15) is 17.1 Å². The highest BCUT2D eigenvalue weighted by Crippen LogP contribution is 2.29. The highest BCUT2D eigenvalue weighted by atomic mass is 32.1. The number of nitrogens with zero attached hydrogens (tertiary/aromatic N) is 4. The molecule has 4 aromatic heterocycles. The maximum Gasteiger partial charge on any atom is 0.342 e. The van der Waals surface area contributed by atoms with Crippen LogP contribution in [-0.4, -0.2) is 38.7 Å². The molecule has 0 aliphatic carbocycles. The third-order valence-electron chi connectivity index (χ3n) is 4.40.